The average Bonchev–Trinajstić information content (AvgIpc) is 3.07. The quantitative estimate of drug-likeness (QED) is 0.792. The van der Waals surface area contributed by atoms with E-state index >= 15 is 0 Å². The van der Waals surface area contributed by atoms with Gasteiger partial charge in [0, 0.05) is 32.1 Å². The number of carboxylic acids is 1. The van der Waals surface area contributed by atoms with Gasteiger partial charge in [0.2, 0.25) is 0 Å². The number of rotatable bonds is 5. The molecule has 0 radical (unpaired) electrons. The Morgan fingerprint density at radius 1 is 1.03 bits per heavy atom. The normalized spacial score (nSPS) is 17.3. The van der Waals surface area contributed by atoms with E-state index < -0.39 is 12.0 Å². The van der Waals surface area contributed by atoms with Crippen molar-refractivity contribution >= 4 is 12.1 Å². The van der Waals surface area contributed by atoms with Crippen LogP contribution in [0.4, 0.5) is 4.79 Å². The molecule has 2 aromatic rings. The minimum absolute atomic E-state index is 0.0322. The Bertz CT molecular complexity index is 888. The van der Waals surface area contributed by atoms with E-state index in [1.165, 1.54) is 28.3 Å². The number of benzene rings is 2. The van der Waals surface area contributed by atoms with E-state index in [0.29, 0.717) is 26.2 Å². The Morgan fingerprint density at radius 3 is 2.10 bits per heavy atom. The molecule has 0 saturated carbocycles. The fourth-order valence-electron chi connectivity index (χ4n) is 4.27. The molecule has 0 aromatic heterocycles. The van der Waals surface area contributed by atoms with Gasteiger partial charge in [-0.2, -0.15) is 0 Å². The maximum atomic E-state index is 12.6. The van der Waals surface area contributed by atoms with E-state index in [1.807, 2.05) is 29.2 Å². The molecule has 1 atom stereocenters. The van der Waals surface area contributed by atoms with Crippen molar-refractivity contribution in [3.8, 4) is 11.1 Å². The Hall–Kier alpha value is -3.12. The summed E-state index contributed by atoms with van der Waals surface area (Å²) < 4.78 is 5.68. The van der Waals surface area contributed by atoms with Gasteiger partial charge in [0.05, 0.1) is 0 Å². The van der Waals surface area contributed by atoms with Gasteiger partial charge in [-0.1, -0.05) is 54.6 Å². The van der Waals surface area contributed by atoms with Gasteiger partial charge in [-0.05, 0) is 22.3 Å². The van der Waals surface area contributed by atoms with Gasteiger partial charge in [0.1, 0.15) is 12.6 Å². The summed E-state index contributed by atoms with van der Waals surface area (Å²) in [6.07, 6.45) is 1.07. The van der Waals surface area contributed by atoms with Crippen LogP contribution in [0, 0.1) is 0 Å². The molecule has 29 heavy (non-hydrogen) atoms. The summed E-state index contributed by atoms with van der Waals surface area (Å²) in [5, 5.41) is 9.25. The number of aliphatic carboxylic acids is 1. The first kappa shape index (κ1) is 19.2. The Labute approximate surface area is 170 Å². The number of carboxylic acid groups (broad SMARTS) is 1. The third-order valence-electron chi connectivity index (χ3n) is 5.78. The number of piperazine rings is 1. The summed E-state index contributed by atoms with van der Waals surface area (Å²) in [5.41, 5.74) is 4.76. The number of ether oxygens (including phenoxy) is 1. The summed E-state index contributed by atoms with van der Waals surface area (Å²) in [4.78, 5) is 27.3. The summed E-state index contributed by atoms with van der Waals surface area (Å²) in [6, 6.07) is 15.7. The van der Waals surface area contributed by atoms with Gasteiger partial charge in [-0.3, -0.25) is 9.69 Å². The zero-order valence-corrected chi connectivity index (χ0v) is 16.2. The highest BCUT2D eigenvalue weighted by molar-refractivity contribution is 5.79. The minimum atomic E-state index is -0.922. The molecular weight excluding hydrogens is 368 g/mol. The highest BCUT2D eigenvalue weighted by Gasteiger charge is 2.31. The number of fused-ring (bicyclic) bond motifs is 3. The molecule has 1 fully saturated rings. The first-order chi connectivity index (χ1) is 14.1. The van der Waals surface area contributed by atoms with Crippen LogP contribution in [0.5, 0.6) is 0 Å². The summed E-state index contributed by atoms with van der Waals surface area (Å²) in [5.74, 6) is -0.889. The van der Waals surface area contributed by atoms with E-state index in [-0.39, 0.29) is 18.6 Å². The minimum Gasteiger partial charge on any atom is -0.480 e. The molecule has 2 aliphatic rings. The summed E-state index contributed by atoms with van der Waals surface area (Å²) in [7, 11) is 0. The van der Waals surface area contributed by atoms with Gasteiger partial charge in [0.15, 0.2) is 0 Å². The van der Waals surface area contributed by atoms with Crippen LogP contribution in [-0.4, -0.2) is 65.8 Å². The standard InChI is InChI=1S/C23H24N2O4/c1-2-21(22(26)27)24-11-13-25(14-12-24)23(28)29-15-20-18-9-5-3-7-16(18)17-8-4-6-10-19(17)20/h2-10,20-21H,1,11-15H2,(H,26,27). The fraction of sp³-hybridized carbons (Fsp3) is 0.304. The van der Waals surface area contributed by atoms with Crippen LogP contribution in [0.15, 0.2) is 61.2 Å². The topological polar surface area (TPSA) is 70.1 Å². The van der Waals surface area contributed by atoms with Gasteiger partial charge >= 0.3 is 12.1 Å². The predicted octanol–water partition coefficient (Wildman–Crippen LogP) is 3.19. The van der Waals surface area contributed by atoms with Crippen LogP contribution < -0.4 is 0 Å². The molecule has 2 aromatic carbocycles. The van der Waals surface area contributed by atoms with Crippen molar-refractivity contribution in [2.45, 2.75) is 12.0 Å². The molecule has 6 heteroatoms. The second-order valence-electron chi connectivity index (χ2n) is 7.35. The van der Waals surface area contributed by atoms with Crippen molar-refractivity contribution in [3.63, 3.8) is 0 Å². The van der Waals surface area contributed by atoms with Crippen LogP contribution in [0.3, 0.4) is 0 Å². The van der Waals surface area contributed by atoms with Crippen LogP contribution in [-0.2, 0) is 9.53 Å². The molecule has 1 aliphatic carbocycles. The lowest BCUT2D eigenvalue weighted by atomic mass is 9.98. The van der Waals surface area contributed by atoms with E-state index in [9.17, 15) is 14.7 Å². The number of nitrogens with zero attached hydrogens (tertiary/aromatic N) is 2. The third-order valence-corrected chi connectivity index (χ3v) is 5.78. The summed E-state index contributed by atoms with van der Waals surface area (Å²) in [6.45, 7) is 5.72. The van der Waals surface area contributed by atoms with Gasteiger partial charge in [-0.25, -0.2) is 4.79 Å². The zero-order chi connectivity index (χ0) is 20.4. The van der Waals surface area contributed by atoms with Crippen molar-refractivity contribution in [1.82, 2.24) is 9.80 Å². The fourth-order valence-corrected chi connectivity index (χ4v) is 4.27. The Morgan fingerprint density at radius 2 is 1.59 bits per heavy atom. The zero-order valence-electron chi connectivity index (χ0n) is 16.2. The lowest BCUT2D eigenvalue weighted by molar-refractivity contribution is -0.141. The van der Waals surface area contributed by atoms with Gasteiger partial charge in [-0.15, -0.1) is 6.58 Å². The first-order valence-electron chi connectivity index (χ1n) is 9.79. The van der Waals surface area contributed by atoms with E-state index in [0.717, 1.165) is 0 Å². The largest absolute Gasteiger partial charge is 0.480 e. The average molecular weight is 392 g/mol. The maximum absolute atomic E-state index is 12.6. The highest BCUT2D eigenvalue weighted by Crippen LogP contribution is 2.44. The predicted molar refractivity (Wildman–Crippen MR) is 110 cm³/mol. The SMILES string of the molecule is C=CC(C(=O)O)N1CCN(C(=O)OCC2c3ccccc3-c3ccccc32)CC1. The van der Waals surface area contributed by atoms with E-state index in [4.69, 9.17) is 4.74 Å². The van der Waals surface area contributed by atoms with Crippen LogP contribution >= 0.6 is 0 Å². The molecule has 6 nitrogen and oxygen atoms in total. The molecule has 0 spiro atoms. The molecule has 1 N–H and O–H groups in total. The van der Waals surface area contributed by atoms with Gasteiger partial charge < -0.3 is 14.7 Å². The summed E-state index contributed by atoms with van der Waals surface area (Å²) >= 11 is 0. The molecule has 1 amide bonds. The molecule has 0 bridgehead atoms. The van der Waals surface area contributed by atoms with Crippen LogP contribution in [0.25, 0.3) is 11.1 Å². The van der Waals surface area contributed by atoms with E-state index in [2.05, 4.69) is 30.8 Å². The molecular formula is C23H24N2O4. The maximum Gasteiger partial charge on any atom is 0.409 e. The van der Waals surface area contributed by atoms with Crippen molar-refractivity contribution < 1.29 is 19.4 Å². The van der Waals surface area contributed by atoms with Crippen molar-refractivity contribution in [3.05, 3.63) is 72.3 Å². The molecule has 1 saturated heterocycles. The lowest BCUT2D eigenvalue weighted by Crippen LogP contribution is -2.53. The lowest BCUT2D eigenvalue weighted by Gasteiger charge is -2.36. The first-order valence-corrected chi connectivity index (χ1v) is 9.79. The second-order valence-corrected chi connectivity index (χ2v) is 7.35. The third kappa shape index (κ3) is 3.63. The molecule has 150 valence electrons. The molecule has 1 unspecified atom stereocenters. The molecule has 1 heterocycles. The number of carbonyl (C=O) groups is 2. The number of hydrogen-bond acceptors (Lipinski definition) is 4. The van der Waals surface area contributed by atoms with Crippen LogP contribution in [0.1, 0.15) is 17.0 Å². The van der Waals surface area contributed by atoms with Crippen molar-refractivity contribution in [2.75, 3.05) is 32.8 Å². The molecule has 1 aliphatic heterocycles. The molecule has 4 rings (SSSR count). The monoisotopic (exact) mass is 392 g/mol. The van der Waals surface area contributed by atoms with Crippen molar-refractivity contribution in [2.24, 2.45) is 0 Å². The highest BCUT2D eigenvalue weighted by atomic mass is 16.6. The van der Waals surface area contributed by atoms with Crippen LogP contribution in [0.2, 0.25) is 0 Å². The Balaban J connectivity index is 1.39. The van der Waals surface area contributed by atoms with Crippen molar-refractivity contribution in [1.29, 1.82) is 0 Å². The van der Waals surface area contributed by atoms with E-state index in [1.54, 1.807) is 4.90 Å². The second kappa shape index (κ2) is 8.09. The smallest absolute Gasteiger partial charge is 0.409 e. The number of carbonyl (C=O) groups excluding carboxylic acids is 1. The number of amides is 1. The van der Waals surface area contributed by atoms with Gasteiger partial charge in [0.25, 0.3) is 0 Å². The number of hydrogen-bond donors (Lipinski definition) is 1. The Kier molecular flexibility index (Phi) is 5.36.